The lowest BCUT2D eigenvalue weighted by Gasteiger charge is -2.26. The van der Waals surface area contributed by atoms with Crippen LogP contribution in [0.1, 0.15) is 39.0 Å². The monoisotopic (exact) mass is 199 g/mol. The standard InChI is InChI=1S/C11H21NO2/c1-2-3-4-5-6-11(13)12-7-9-14-10-8-12/h2-10H2,1H3. The Morgan fingerprint density at radius 3 is 2.57 bits per heavy atom. The molecule has 1 rings (SSSR count). The second-order valence-electron chi connectivity index (χ2n) is 3.80. The molecule has 0 unspecified atom stereocenters. The summed E-state index contributed by atoms with van der Waals surface area (Å²) in [4.78, 5) is 13.6. The van der Waals surface area contributed by atoms with Crippen LogP contribution in [-0.2, 0) is 9.53 Å². The molecule has 1 amide bonds. The fourth-order valence-corrected chi connectivity index (χ4v) is 1.67. The first-order valence-corrected chi connectivity index (χ1v) is 5.70. The van der Waals surface area contributed by atoms with Crippen LogP contribution in [0.15, 0.2) is 0 Å². The first-order chi connectivity index (χ1) is 6.84. The Morgan fingerprint density at radius 2 is 1.93 bits per heavy atom. The quantitative estimate of drug-likeness (QED) is 0.632. The van der Waals surface area contributed by atoms with Gasteiger partial charge < -0.3 is 9.64 Å². The van der Waals surface area contributed by atoms with Crippen molar-refractivity contribution in [3.05, 3.63) is 0 Å². The van der Waals surface area contributed by atoms with Crippen molar-refractivity contribution < 1.29 is 9.53 Å². The summed E-state index contributed by atoms with van der Waals surface area (Å²) in [5, 5.41) is 0. The Hall–Kier alpha value is -0.570. The minimum Gasteiger partial charge on any atom is -0.378 e. The zero-order chi connectivity index (χ0) is 10.2. The van der Waals surface area contributed by atoms with Gasteiger partial charge in [0.25, 0.3) is 0 Å². The van der Waals surface area contributed by atoms with E-state index in [0.29, 0.717) is 19.1 Å². The lowest BCUT2D eigenvalue weighted by Crippen LogP contribution is -2.40. The van der Waals surface area contributed by atoms with Crippen LogP contribution in [-0.4, -0.2) is 37.1 Å². The molecule has 0 aliphatic carbocycles. The molecule has 3 nitrogen and oxygen atoms in total. The summed E-state index contributed by atoms with van der Waals surface area (Å²) in [6, 6.07) is 0. The minimum absolute atomic E-state index is 0.310. The number of morpholine rings is 1. The summed E-state index contributed by atoms with van der Waals surface area (Å²) in [6.45, 7) is 5.17. The zero-order valence-corrected chi connectivity index (χ0v) is 9.13. The summed E-state index contributed by atoms with van der Waals surface area (Å²) >= 11 is 0. The predicted octanol–water partition coefficient (Wildman–Crippen LogP) is 1.82. The zero-order valence-electron chi connectivity index (χ0n) is 9.13. The number of unbranched alkanes of at least 4 members (excludes halogenated alkanes) is 3. The third kappa shape index (κ3) is 4.09. The van der Waals surface area contributed by atoms with Crippen molar-refractivity contribution in [2.75, 3.05) is 26.3 Å². The van der Waals surface area contributed by atoms with E-state index in [9.17, 15) is 4.79 Å². The largest absolute Gasteiger partial charge is 0.378 e. The fourth-order valence-electron chi connectivity index (χ4n) is 1.67. The molecule has 0 atom stereocenters. The molecule has 3 heteroatoms. The van der Waals surface area contributed by atoms with Crippen molar-refractivity contribution in [3.63, 3.8) is 0 Å². The molecule has 0 radical (unpaired) electrons. The first kappa shape index (κ1) is 11.5. The molecule has 0 N–H and O–H groups in total. The van der Waals surface area contributed by atoms with Crippen LogP contribution in [0.4, 0.5) is 0 Å². The van der Waals surface area contributed by atoms with Crippen LogP contribution in [0.5, 0.6) is 0 Å². The van der Waals surface area contributed by atoms with Crippen molar-refractivity contribution in [1.82, 2.24) is 4.90 Å². The maximum atomic E-state index is 11.6. The maximum absolute atomic E-state index is 11.6. The molecule has 1 aliphatic heterocycles. The third-order valence-electron chi connectivity index (χ3n) is 2.61. The van der Waals surface area contributed by atoms with Crippen molar-refractivity contribution >= 4 is 5.91 Å². The predicted molar refractivity (Wildman–Crippen MR) is 56.2 cm³/mol. The highest BCUT2D eigenvalue weighted by Crippen LogP contribution is 2.06. The molecule has 0 bridgehead atoms. The Labute approximate surface area is 86.4 Å². The van der Waals surface area contributed by atoms with Crippen LogP contribution in [0.3, 0.4) is 0 Å². The SMILES string of the molecule is CCCCCCC(=O)N1CCOCC1. The molecule has 0 aromatic heterocycles. The first-order valence-electron chi connectivity index (χ1n) is 5.70. The number of rotatable bonds is 5. The molecule has 0 aromatic rings. The summed E-state index contributed by atoms with van der Waals surface area (Å²) in [6.07, 6.45) is 5.43. The number of amides is 1. The van der Waals surface area contributed by atoms with Gasteiger partial charge in [-0.15, -0.1) is 0 Å². The van der Waals surface area contributed by atoms with Gasteiger partial charge in [-0.25, -0.2) is 0 Å². The molecule has 0 saturated carbocycles. The lowest BCUT2D eigenvalue weighted by molar-refractivity contribution is -0.135. The molecular formula is C11H21NO2. The average molecular weight is 199 g/mol. The molecule has 0 spiro atoms. The summed E-state index contributed by atoms with van der Waals surface area (Å²) in [5.41, 5.74) is 0. The van der Waals surface area contributed by atoms with Crippen molar-refractivity contribution in [1.29, 1.82) is 0 Å². The molecule has 1 saturated heterocycles. The highest BCUT2D eigenvalue weighted by Gasteiger charge is 2.15. The van der Waals surface area contributed by atoms with E-state index >= 15 is 0 Å². The van der Waals surface area contributed by atoms with Gasteiger partial charge in [0.15, 0.2) is 0 Å². The highest BCUT2D eigenvalue weighted by molar-refractivity contribution is 5.76. The van der Waals surface area contributed by atoms with Gasteiger partial charge in [-0.1, -0.05) is 26.2 Å². The molecular weight excluding hydrogens is 178 g/mol. The van der Waals surface area contributed by atoms with Gasteiger partial charge in [-0.2, -0.15) is 0 Å². The van der Waals surface area contributed by atoms with Crippen molar-refractivity contribution in [3.8, 4) is 0 Å². The third-order valence-corrected chi connectivity index (χ3v) is 2.61. The van der Waals surface area contributed by atoms with E-state index in [1.165, 1.54) is 19.3 Å². The Balaban J connectivity index is 2.07. The van der Waals surface area contributed by atoms with Crippen LogP contribution in [0.25, 0.3) is 0 Å². The normalized spacial score (nSPS) is 17.1. The number of hydrogen-bond donors (Lipinski definition) is 0. The van der Waals surface area contributed by atoms with Crippen molar-refractivity contribution in [2.45, 2.75) is 39.0 Å². The van der Waals surface area contributed by atoms with Gasteiger partial charge in [0.1, 0.15) is 0 Å². The smallest absolute Gasteiger partial charge is 0.222 e. The minimum atomic E-state index is 0.310. The van der Waals surface area contributed by atoms with E-state index < -0.39 is 0 Å². The van der Waals surface area contributed by atoms with Gasteiger partial charge in [-0.05, 0) is 6.42 Å². The van der Waals surface area contributed by atoms with Crippen LogP contribution in [0.2, 0.25) is 0 Å². The van der Waals surface area contributed by atoms with E-state index in [1.54, 1.807) is 0 Å². The number of hydrogen-bond acceptors (Lipinski definition) is 2. The molecule has 82 valence electrons. The Kier molecular flexibility index (Phi) is 5.60. The van der Waals surface area contributed by atoms with E-state index in [0.717, 1.165) is 25.9 Å². The van der Waals surface area contributed by atoms with Gasteiger partial charge in [0.05, 0.1) is 13.2 Å². The van der Waals surface area contributed by atoms with E-state index in [1.807, 2.05) is 4.90 Å². The Bertz CT molecular complexity index is 165. The number of carbonyl (C=O) groups excluding carboxylic acids is 1. The second-order valence-corrected chi connectivity index (χ2v) is 3.80. The molecule has 14 heavy (non-hydrogen) atoms. The topological polar surface area (TPSA) is 29.5 Å². The van der Waals surface area contributed by atoms with Crippen LogP contribution >= 0.6 is 0 Å². The van der Waals surface area contributed by atoms with Gasteiger partial charge in [-0.3, -0.25) is 4.79 Å². The second kappa shape index (κ2) is 6.82. The van der Waals surface area contributed by atoms with Crippen LogP contribution in [0, 0.1) is 0 Å². The van der Waals surface area contributed by atoms with Gasteiger partial charge in [0, 0.05) is 19.5 Å². The number of ether oxygens (including phenoxy) is 1. The highest BCUT2D eigenvalue weighted by atomic mass is 16.5. The Morgan fingerprint density at radius 1 is 1.21 bits per heavy atom. The summed E-state index contributed by atoms with van der Waals surface area (Å²) in [7, 11) is 0. The molecule has 1 aliphatic rings. The molecule has 1 fully saturated rings. The molecule has 0 aromatic carbocycles. The fraction of sp³-hybridized carbons (Fsp3) is 0.909. The average Bonchev–Trinajstić information content (AvgIpc) is 2.25. The number of nitrogens with zero attached hydrogens (tertiary/aromatic N) is 1. The van der Waals surface area contributed by atoms with Gasteiger partial charge >= 0.3 is 0 Å². The summed E-state index contributed by atoms with van der Waals surface area (Å²) in [5.74, 6) is 0.310. The van der Waals surface area contributed by atoms with Crippen molar-refractivity contribution in [2.24, 2.45) is 0 Å². The van der Waals surface area contributed by atoms with E-state index in [4.69, 9.17) is 4.74 Å². The number of carbonyl (C=O) groups is 1. The van der Waals surface area contributed by atoms with E-state index in [2.05, 4.69) is 6.92 Å². The lowest BCUT2D eigenvalue weighted by atomic mass is 10.1. The van der Waals surface area contributed by atoms with Crippen LogP contribution < -0.4 is 0 Å². The summed E-state index contributed by atoms with van der Waals surface area (Å²) < 4.78 is 5.20. The van der Waals surface area contributed by atoms with Gasteiger partial charge in [0.2, 0.25) is 5.91 Å². The maximum Gasteiger partial charge on any atom is 0.222 e. The molecule has 1 heterocycles. The van der Waals surface area contributed by atoms with E-state index in [-0.39, 0.29) is 0 Å².